The minimum absolute atomic E-state index is 0.504. The summed E-state index contributed by atoms with van der Waals surface area (Å²) in [5.74, 6) is 1.53. The third-order valence-electron chi connectivity index (χ3n) is 5.93. The second-order valence-electron chi connectivity index (χ2n) is 8.66. The molecule has 2 aliphatic heterocycles. The minimum Gasteiger partial charge on any atom is -0.379 e. The van der Waals surface area contributed by atoms with Crippen molar-refractivity contribution in [2.24, 2.45) is 10.9 Å². The van der Waals surface area contributed by atoms with E-state index >= 15 is 0 Å². The molecule has 0 bridgehead atoms. The summed E-state index contributed by atoms with van der Waals surface area (Å²) >= 11 is 0. The van der Waals surface area contributed by atoms with Crippen LogP contribution in [0.15, 0.2) is 29.3 Å². The molecule has 2 aliphatic rings. The molecule has 0 aliphatic carbocycles. The molecule has 0 amide bonds. The van der Waals surface area contributed by atoms with Gasteiger partial charge in [-0.05, 0) is 31.2 Å². The topological polar surface area (TPSA) is 52.1 Å². The van der Waals surface area contributed by atoms with E-state index in [-0.39, 0.29) is 0 Å². The summed E-state index contributed by atoms with van der Waals surface area (Å²) in [4.78, 5) is 9.50. The number of nitrogens with zero attached hydrogens (tertiary/aromatic N) is 3. The molecule has 29 heavy (non-hydrogen) atoms. The lowest BCUT2D eigenvalue weighted by Gasteiger charge is -2.33. The van der Waals surface area contributed by atoms with E-state index in [1.165, 1.54) is 11.1 Å². The number of guanidine groups is 1. The average molecular weight is 402 g/mol. The monoisotopic (exact) mass is 401 g/mol. The van der Waals surface area contributed by atoms with Crippen LogP contribution in [0.4, 0.5) is 0 Å². The van der Waals surface area contributed by atoms with Gasteiger partial charge in [0.15, 0.2) is 5.96 Å². The molecule has 0 spiro atoms. The van der Waals surface area contributed by atoms with E-state index in [1.54, 1.807) is 0 Å². The molecule has 6 heteroatoms. The second kappa shape index (κ2) is 11.5. The first-order valence-corrected chi connectivity index (χ1v) is 11.2. The van der Waals surface area contributed by atoms with E-state index < -0.39 is 0 Å². The SMILES string of the molecule is CN=C(NCC(C)CN1CCOCC1)NC1CCN(Cc2cccc(C)c2)CC1. The Kier molecular flexibility index (Phi) is 8.77. The maximum Gasteiger partial charge on any atom is 0.191 e. The summed E-state index contributed by atoms with van der Waals surface area (Å²) < 4.78 is 5.44. The van der Waals surface area contributed by atoms with Gasteiger partial charge in [0, 0.05) is 58.9 Å². The van der Waals surface area contributed by atoms with Crippen LogP contribution in [0, 0.1) is 12.8 Å². The Labute approximate surface area is 176 Å². The lowest BCUT2D eigenvalue weighted by molar-refractivity contribution is 0.0320. The van der Waals surface area contributed by atoms with Gasteiger partial charge in [-0.15, -0.1) is 0 Å². The number of hydrogen-bond donors (Lipinski definition) is 2. The summed E-state index contributed by atoms with van der Waals surface area (Å²) in [6.07, 6.45) is 2.33. The van der Waals surface area contributed by atoms with Crippen molar-refractivity contribution in [1.82, 2.24) is 20.4 Å². The van der Waals surface area contributed by atoms with E-state index in [1.807, 2.05) is 7.05 Å². The zero-order chi connectivity index (χ0) is 20.5. The Hall–Kier alpha value is -1.63. The van der Waals surface area contributed by atoms with E-state index in [0.29, 0.717) is 12.0 Å². The van der Waals surface area contributed by atoms with Crippen molar-refractivity contribution in [2.75, 3.05) is 59.5 Å². The van der Waals surface area contributed by atoms with Crippen LogP contribution in [0.3, 0.4) is 0 Å². The van der Waals surface area contributed by atoms with Crippen LogP contribution in [-0.4, -0.2) is 81.3 Å². The fourth-order valence-corrected chi connectivity index (χ4v) is 4.25. The maximum absolute atomic E-state index is 5.44. The van der Waals surface area contributed by atoms with Crippen molar-refractivity contribution in [3.05, 3.63) is 35.4 Å². The van der Waals surface area contributed by atoms with Crippen LogP contribution >= 0.6 is 0 Å². The number of aliphatic imine (C=N–C) groups is 1. The minimum atomic E-state index is 0.504. The number of ether oxygens (including phenoxy) is 1. The summed E-state index contributed by atoms with van der Waals surface area (Å²) in [7, 11) is 1.87. The van der Waals surface area contributed by atoms with Gasteiger partial charge in [-0.2, -0.15) is 0 Å². The van der Waals surface area contributed by atoms with E-state index in [9.17, 15) is 0 Å². The predicted octanol–water partition coefficient (Wildman–Crippen LogP) is 2.09. The van der Waals surface area contributed by atoms with Crippen LogP contribution in [0.5, 0.6) is 0 Å². The fourth-order valence-electron chi connectivity index (χ4n) is 4.25. The van der Waals surface area contributed by atoms with Gasteiger partial charge in [0.05, 0.1) is 13.2 Å². The number of nitrogens with one attached hydrogen (secondary N) is 2. The van der Waals surface area contributed by atoms with Crippen LogP contribution in [0.2, 0.25) is 0 Å². The molecule has 6 nitrogen and oxygen atoms in total. The van der Waals surface area contributed by atoms with Gasteiger partial charge in [0.2, 0.25) is 0 Å². The summed E-state index contributed by atoms with van der Waals surface area (Å²) in [6.45, 7) is 13.7. The molecule has 1 aromatic rings. The Bertz CT molecular complexity index is 636. The van der Waals surface area contributed by atoms with Crippen LogP contribution < -0.4 is 10.6 Å². The molecule has 0 aromatic heterocycles. The Morgan fingerprint density at radius 1 is 1.17 bits per heavy atom. The highest BCUT2D eigenvalue weighted by molar-refractivity contribution is 5.79. The predicted molar refractivity (Wildman–Crippen MR) is 120 cm³/mol. The standard InChI is InChI=1S/C23H39N5O/c1-19-5-4-6-21(15-19)18-27-9-7-22(8-10-27)26-23(24-3)25-16-20(2)17-28-11-13-29-14-12-28/h4-6,15,20,22H,7-14,16-18H2,1-3H3,(H2,24,25,26). The molecule has 1 unspecified atom stereocenters. The smallest absolute Gasteiger partial charge is 0.191 e. The van der Waals surface area contributed by atoms with Crippen molar-refractivity contribution in [2.45, 2.75) is 39.3 Å². The molecule has 0 radical (unpaired) electrons. The van der Waals surface area contributed by atoms with Crippen LogP contribution in [0.25, 0.3) is 0 Å². The Morgan fingerprint density at radius 2 is 1.93 bits per heavy atom. The summed E-state index contributed by atoms with van der Waals surface area (Å²) in [6, 6.07) is 9.37. The van der Waals surface area contributed by atoms with Gasteiger partial charge in [0.1, 0.15) is 0 Å². The molecule has 1 atom stereocenters. The van der Waals surface area contributed by atoms with Crippen molar-refractivity contribution in [3.8, 4) is 0 Å². The van der Waals surface area contributed by atoms with Gasteiger partial charge >= 0.3 is 0 Å². The van der Waals surface area contributed by atoms with Gasteiger partial charge in [0.25, 0.3) is 0 Å². The lowest BCUT2D eigenvalue weighted by Crippen LogP contribution is -2.49. The van der Waals surface area contributed by atoms with Crippen LogP contribution in [0.1, 0.15) is 30.9 Å². The van der Waals surface area contributed by atoms with Gasteiger partial charge in [-0.1, -0.05) is 36.8 Å². The number of likely N-dealkylation sites (tertiary alicyclic amines) is 1. The lowest BCUT2D eigenvalue weighted by atomic mass is 10.0. The normalized spacial score (nSPS) is 21.1. The molecule has 0 saturated carbocycles. The Balaban J connectivity index is 1.34. The highest BCUT2D eigenvalue weighted by Gasteiger charge is 2.20. The van der Waals surface area contributed by atoms with Crippen LogP contribution in [-0.2, 0) is 11.3 Å². The van der Waals surface area contributed by atoms with Gasteiger partial charge < -0.3 is 15.4 Å². The molecule has 162 valence electrons. The quantitative estimate of drug-likeness (QED) is 0.541. The molecule has 1 aromatic carbocycles. The van der Waals surface area contributed by atoms with Crippen molar-refractivity contribution < 1.29 is 4.74 Å². The highest BCUT2D eigenvalue weighted by Crippen LogP contribution is 2.14. The third kappa shape index (κ3) is 7.61. The third-order valence-corrected chi connectivity index (χ3v) is 5.93. The fraction of sp³-hybridized carbons (Fsp3) is 0.696. The van der Waals surface area contributed by atoms with Crippen molar-refractivity contribution in [1.29, 1.82) is 0 Å². The van der Waals surface area contributed by atoms with E-state index in [2.05, 4.69) is 63.5 Å². The van der Waals surface area contributed by atoms with E-state index in [4.69, 9.17) is 4.74 Å². The average Bonchev–Trinajstić information content (AvgIpc) is 2.73. The highest BCUT2D eigenvalue weighted by atomic mass is 16.5. The summed E-state index contributed by atoms with van der Waals surface area (Å²) in [5.41, 5.74) is 2.76. The molecule has 2 N–H and O–H groups in total. The largest absolute Gasteiger partial charge is 0.379 e. The molecule has 2 saturated heterocycles. The number of aryl methyl sites for hydroxylation is 1. The first kappa shape index (κ1) is 22.1. The number of hydrogen-bond acceptors (Lipinski definition) is 4. The van der Waals surface area contributed by atoms with Gasteiger partial charge in [-0.3, -0.25) is 14.8 Å². The first-order chi connectivity index (χ1) is 14.1. The maximum atomic E-state index is 5.44. The molecule has 3 rings (SSSR count). The number of morpholine rings is 1. The van der Waals surface area contributed by atoms with Crippen molar-refractivity contribution in [3.63, 3.8) is 0 Å². The number of rotatable bonds is 7. The summed E-state index contributed by atoms with van der Waals surface area (Å²) in [5, 5.41) is 7.17. The first-order valence-electron chi connectivity index (χ1n) is 11.2. The zero-order valence-corrected chi connectivity index (χ0v) is 18.5. The van der Waals surface area contributed by atoms with E-state index in [0.717, 1.165) is 77.8 Å². The zero-order valence-electron chi connectivity index (χ0n) is 18.5. The van der Waals surface area contributed by atoms with Crippen molar-refractivity contribution >= 4 is 5.96 Å². The molecule has 2 heterocycles. The number of benzene rings is 1. The number of piperidine rings is 1. The molecular weight excluding hydrogens is 362 g/mol. The molecular formula is C23H39N5O. The van der Waals surface area contributed by atoms with Gasteiger partial charge in [-0.25, -0.2) is 0 Å². The second-order valence-corrected chi connectivity index (χ2v) is 8.66. The molecule has 2 fully saturated rings. The Morgan fingerprint density at radius 3 is 2.62 bits per heavy atom.